The number of hydrogen-bond acceptors (Lipinski definition) is 16. The van der Waals surface area contributed by atoms with Crippen LogP contribution in [-0.4, -0.2) is 196 Å². The number of halogens is 2. The highest BCUT2D eigenvalue weighted by molar-refractivity contribution is 9.09. The van der Waals surface area contributed by atoms with Crippen LogP contribution >= 0.6 is 27.5 Å². The maximum absolute atomic E-state index is 14.4. The molecule has 1 aliphatic carbocycles. The Balaban J connectivity index is 1.21. The van der Waals surface area contributed by atoms with E-state index in [0.29, 0.717) is 30.8 Å². The minimum absolute atomic E-state index is 0.0681. The minimum atomic E-state index is -1.89. The Morgan fingerprint density at radius 3 is 2.44 bits per heavy atom. The van der Waals surface area contributed by atoms with Gasteiger partial charge in [-0.2, -0.15) is 0 Å². The van der Waals surface area contributed by atoms with Crippen LogP contribution in [0.1, 0.15) is 78.2 Å². The lowest BCUT2D eigenvalue weighted by atomic mass is 9.83. The SMILES string of the molecule is COc1cc2cc(c1Cl)N(C)C(=O)C[C@H](OC(=O)[C@H](C)N(C)C(=O)CCOC(=O)N(C)CCN(C)C(=O)OC1/C=C/CCCCC1OCCNC(=O)CBr)[C@]1(C)O[C@H]1[C@H](C)[C@@H]1C[C@@](O)(NC(=O)O1)[C@H](OC)/C=C/C=C(\C)C2. The largest absolute Gasteiger partial charge is 0.495 e. The van der Waals surface area contributed by atoms with Crippen molar-refractivity contribution in [2.75, 3.05) is 85.5 Å². The highest BCUT2D eigenvalue weighted by Crippen LogP contribution is 2.49. The third kappa shape index (κ3) is 16.8. The first-order valence-electron chi connectivity index (χ1n) is 25.7. The third-order valence-corrected chi connectivity index (χ3v) is 15.3. The summed E-state index contributed by atoms with van der Waals surface area (Å²) in [5.74, 6) is -2.39. The van der Waals surface area contributed by atoms with E-state index in [1.54, 1.807) is 38.1 Å². The maximum Gasteiger partial charge on any atom is 0.410 e. The zero-order chi connectivity index (χ0) is 56.8. The van der Waals surface area contributed by atoms with Gasteiger partial charge in [-0.05, 0) is 70.2 Å². The van der Waals surface area contributed by atoms with Crippen LogP contribution in [-0.2, 0) is 58.8 Å². The van der Waals surface area contributed by atoms with E-state index in [9.17, 15) is 38.7 Å². The summed E-state index contributed by atoms with van der Waals surface area (Å²) in [6.07, 6.45) is 4.62. The predicted octanol–water partition coefficient (Wildman–Crippen LogP) is 5.44. The maximum atomic E-state index is 14.4. The van der Waals surface area contributed by atoms with Crippen molar-refractivity contribution in [1.82, 2.24) is 25.3 Å². The molecule has 0 spiro atoms. The van der Waals surface area contributed by atoms with Crippen molar-refractivity contribution in [2.24, 2.45) is 5.92 Å². The lowest BCUT2D eigenvalue weighted by molar-refractivity contribution is -0.162. The molecule has 3 N–H and O–H groups in total. The van der Waals surface area contributed by atoms with Crippen molar-refractivity contribution < 1.29 is 76.6 Å². The number of allylic oxidation sites excluding steroid dienone is 4. The van der Waals surface area contributed by atoms with Gasteiger partial charge >= 0.3 is 24.2 Å². The number of anilines is 1. The molecule has 2 unspecified atom stereocenters. The van der Waals surface area contributed by atoms with Gasteiger partial charge in [-0.25, -0.2) is 19.2 Å². The second-order valence-corrected chi connectivity index (χ2v) is 21.0. The van der Waals surface area contributed by atoms with Gasteiger partial charge in [0, 0.05) is 67.3 Å². The molecule has 4 aliphatic rings. The summed E-state index contributed by atoms with van der Waals surface area (Å²) in [5, 5.41) is 17.4. The normalized spacial score (nSPS) is 28.5. The number of benzene rings is 1. The lowest BCUT2D eigenvalue weighted by Gasteiger charge is -2.42. The molecule has 77 heavy (non-hydrogen) atoms. The Kier molecular flexibility index (Phi) is 23.0. The molecule has 10 atom stereocenters. The quantitative estimate of drug-likeness (QED) is 0.0439. The molecule has 1 aromatic carbocycles. The van der Waals surface area contributed by atoms with Crippen molar-refractivity contribution in [2.45, 2.75) is 133 Å². The second-order valence-electron chi connectivity index (χ2n) is 20.1. The number of nitrogens with one attached hydrogen (secondary N) is 2. The number of epoxide rings is 1. The number of carbonyl (C=O) groups is 7. The van der Waals surface area contributed by atoms with E-state index in [1.807, 2.05) is 25.2 Å². The molecular weight excluding hydrogens is 1090 g/mol. The molecule has 3 aliphatic heterocycles. The van der Waals surface area contributed by atoms with Gasteiger partial charge in [0.2, 0.25) is 17.7 Å². The number of fused-ring (bicyclic) bond motifs is 5. The number of hydrogen-bond donors (Lipinski definition) is 3. The van der Waals surface area contributed by atoms with E-state index in [-0.39, 0.29) is 55.4 Å². The average Bonchev–Trinajstić information content (AvgIpc) is 4.12. The highest BCUT2D eigenvalue weighted by Gasteiger charge is 2.64. The number of carbonyl (C=O) groups excluding carboxylic acids is 7. The number of methoxy groups -OCH3 is 2. The van der Waals surface area contributed by atoms with Crippen LogP contribution in [0.15, 0.2) is 48.1 Å². The van der Waals surface area contributed by atoms with E-state index in [0.717, 1.165) is 35.3 Å². The second kappa shape index (κ2) is 28.4. The van der Waals surface area contributed by atoms with Crippen molar-refractivity contribution in [3.05, 3.63) is 58.7 Å². The van der Waals surface area contributed by atoms with Gasteiger partial charge in [0.25, 0.3) is 0 Å². The van der Waals surface area contributed by atoms with Gasteiger partial charge in [0.05, 0.1) is 49.8 Å². The molecule has 2 fully saturated rings. The van der Waals surface area contributed by atoms with Crippen LogP contribution in [0.4, 0.5) is 20.1 Å². The van der Waals surface area contributed by atoms with Gasteiger partial charge in [0.15, 0.2) is 5.72 Å². The zero-order valence-electron chi connectivity index (χ0n) is 45.7. The number of likely N-dealkylation sites (N-methyl/N-ethyl adjacent to an activating group) is 3. The molecule has 2 saturated heterocycles. The topological polar surface area (TPSA) is 254 Å². The Hall–Kier alpha value is -5.46. The lowest BCUT2D eigenvalue weighted by Crippen LogP contribution is -2.63. The summed E-state index contributed by atoms with van der Waals surface area (Å²) in [4.78, 5) is 97.8. The monoisotopic (exact) mass is 1170 g/mol. The minimum Gasteiger partial charge on any atom is -0.495 e. The van der Waals surface area contributed by atoms with Crippen LogP contribution in [0.5, 0.6) is 5.75 Å². The van der Waals surface area contributed by atoms with Crippen LogP contribution in [0.25, 0.3) is 0 Å². The molecule has 24 heteroatoms. The summed E-state index contributed by atoms with van der Waals surface area (Å²) < 4.78 is 46.6. The fourth-order valence-electron chi connectivity index (χ4n) is 9.29. The van der Waals surface area contributed by atoms with Crippen molar-refractivity contribution in [1.29, 1.82) is 0 Å². The first-order valence-corrected chi connectivity index (χ1v) is 27.2. The number of ether oxygens (including phenoxy) is 8. The fraction of sp³-hybridized carbons (Fsp3) is 0.642. The first kappa shape index (κ1) is 62.4. The molecule has 3 heterocycles. The number of amides is 6. The molecular formula is C53H76BrClN6O16. The van der Waals surface area contributed by atoms with Crippen LogP contribution < -0.4 is 20.3 Å². The Morgan fingerprint density at radius 1 is 1.04 bits per heavy atom. The van der Waals surface area contributed by atoms with Crippen LogP contribution in [0.3, 0.4) is 0 Å². The molecule has 1 aromatic rings. The van der Waals surface area contributed by atoms with Gasteiger partial charge in [0.1, 0.15) is 53.4 Å². The fourth-order valence-corrected chi connectivity index (χ4v) is 9.80. The van der Waals surface area contributed by atoms with Crippen LogP contribution in [0, 0.1) is 5.92 Å². The number of alkyl carbamates (subject to hydrolysis) is 1. The third-order valence-electron chi connectivity index (χ3n) is 14.4. The summed E-state index contributed by atoms with van der Waals surface area (Å²) in [6, 6.07) is 2.32. The van der Waals surface area contributed by atoms with E-state index in [2.05, 4.69) is 26.6 Å². The smallest absolute Gasteiger partial charge is 0.410 e. The summed E-state index contributed by atoms with van der Waals surface area (Å²) in [7, 11) is 8.81. The number of aliphatic hydroxyl groups is 1. The Bertz CT molecular complexity index is 2380. The molecule has 0 saturated carbocycles. The molecule has 428 valence electrons. The van der Waals surface area contributed by atoms with Crippen molar-refractivity contribution in [3.63, 3.8) is 0 Å². The van der Waals surface area contributed by atoms with E-state index in [4.69, 9.17) is 49.5 Å². The van der Waals surface area contributed by atoms with Crippen LogP contribution in [0.2, 0.25) is 5.02 Å². The highest BCUT2D eigenvalue weighted by atomic mass is 79.9. The van der Waals surface area contributed by atoms with Gasteiger partial charge in [-0.15, -0.1) is 0 Å². The number of esters is 1. The Labute approximate surface area is 464 Å². The average molecular weight is 1170 g/mol. The molecule has 0 aromatic heterocycles. The molecule has 5 rings (SSSR count). The predicted molar refractivity (Wildman–Crippen MR) is 287 cm³/mol. The summed E-state index contributed by atoms with van der Waals surface area (Å²) in [5.41, 5.74) is -1.24. The molecule has 6 amide bonds. The summed E-state index contributed by atoms with van der Waals surface area (Å²) >= 11 is 9.93. The summed E-state index contributed by atoms with van der Waals surface area (Å²) in [6.45, 7) is 7.15. The zero-order valence-corrected chi connectivity index (χ0v) is 48.0. The number of rotatable bonds is 17. The number of nitrogens with zero attached hydrogens (tertiary/aromatic N) is 4. The van der Waals surface area contributed by atoms with E-state index < -0.39 is 102 Å². The molecule has 4 bridgehead atoms. The van der Waals surface area contributed by atoms with Crippen molar-refractivity contribution in [3.8, 4) is 5.75 Å². The number of alkyl halides is 1. The van der Waals surface area contributed by atoms with Gasteiger partial charge in [-0.1, -0.05) is 70.8 Å². The van der Waals surface area contributed by atoms with Gasteiger partial charge < -0.3 is 67.9 Å². The van der Waals surface area contributed by atoms with E-state index >= 15 is 0 Å². The standard InChI is InChI=1S/C53H76BrClN6O16/c1-32-16-15-19-41(71-10)53(69)30-40(74-49(66)57-53)33(2)47-52(4,77-47)42(29-45(64)61(8)36-27-35(26-32)28-39(70-9)46(36)55)76-48(65)34(3)60(7)44(63)20-24-73-50(67)58(5)22-23-59(6)51(68)75-38-18-14-12-11-13-17-37(38)72-25-21-56-43(62)31-54/h14-16,18-19,27-28,33-34,37-38,40-42,47,69H,11-13,17,20-26,29-31H2,1-10H3,(H,56,62)(H,57,66)/b18-14+,19-15+,32-16+/t33-,34+,37?,38?,40+,41-,42+,47+,52+,53+/m1/s1. The molecule has 22 nitrogen and oxygen atoms in total. The van der Waals surface area contributed by atoms with Gasteiger partial charge in [-0.3, -0.25) is 19.7 Å². The molecule has 0 radical (unpaired) electrons. The Morgan fingerprint density at radius 2 is 1.75 bits per heavy atom. The van der Waals surface area contributed by atoms with Crippen molar-refractivity contribution >= 4 is 75.2 Å². The van der Waals surface area contributed by atoms with E-state index in [1.165, 1.54) is 64.0 Å². The first-order chi connectivity index (χ1) is 36.5.